The Morgan fingerprint density at radius 2 is 2.21 bits per heavy atom. The number of aliphatic hydroxyl groups is 1. The Morgan fingerprint density at radius 3 is 2.86 bits per heavy atom. The monoisotopic (exact) mass is 208 g/mol. The molecular formula is C11H12O2S. The van der Waals surface area contributed by atoms with Gasteiger partial charge in [0.15, 0.2) is 0 Å². The zero-order valence-electron chi connectivity index (χ0n) is 8.20. The second-order valence-corrected chi connectivity index (χ2v) is 4.25. The van der Waals surface area contributed by atoms with Crippen molar-refractivity contribution in [2.75, 3.05) is 7.11 Å². The number of methoxy groups -OCH3 is 1. The molecule has 0 spiro atoms. The first-order chi connectivity index (χ1) is 6.77. The summed E-state index contributed by atoms with van der Waals surface area (Å²) >= 11 is 1.60. The molecule has 2 aromatic rings. The van der Waals surface area contributed by atoms with E-state index in [-0.39, 0.29) is 6.61 Å². The van der Waals surface area contributed by atoms with Crippen molar-refractivity contribution in [3.8, 4) is 5.75 Å². The summed E-state index contributed by atoms with van der Waals surface area (Å²) in [5.41, 5.74) is 1.16. The van der Waals surface area contributed by atoms with Gasteiger partial charge in [0.05, 0.1) is 18.4 Å². The summed E-state index contributed by atoms with van der Waals surface area (Å²) in [5.74, 6) is 0.885. The van der Waals surface area contributed by atoms with E-state index in [4.69, 9.17) is 9.84 Å². The molecule has 1 aromatic carbocycles. The van der Waals surface area contributed by atoms with Crippen LogP contribution in [0.15, 0.2) is 18.2 Å². The van der Waals surface area contributed by atoms with Crippen LogP contribution in [-0.2, 0) is 6.61 Å². The van der Waals surface area contributed by atoms with Gasteiger partial charge in [0.2, 0.25) is 0 Å². The summed E-state index contributed by atoms with van der Waals surface area (Å²) in [4.78, 5) is 1.02. The van der Waals surface area contributed by atoms with Gasteiger partial charge in [-0.05, 0) is 23.9 Å². The Hall–Kier alpha value is -1.06. The SMILES string of the molecule is COc1cccc2c(C)c(CO)sc12. The van der Waals surface area contributed by atoms with Crippen LogP contribution in [0.1, 0.15) is 10.4 Å². The van der Waals surface area contributed by atoms with Crippen molar-refractivity contribution in [1.29, 1.82) is 0 Å². The fourth-order valence-corrected chi connectivity index (χ4v) is 2.74. The number of hydrogen-bond acceptors (Lipinski definition) is 3. The van der Waals surface area contributed by atoms with E-state index in [1.807, 2.05) is 19.1 Å². The zero-order chi connectivity index (χ0) is 10.1. The Bertz CT molecular complexity index is 460. The van der Waals surface area contributed by atoms with Crippen molar-refractivity contribution in [2.24, 2.45) is 0 Å². The van der Waals surface area contributed by atoms with Gasteiger partial charge in [0.25, 0.3) is 0 Å². The molecule has 1 aromatic heterocycles. The van der Waals surface area contributed by atoms with Gasteiger partial charge in [-0.3, -0.25) is 0 Å². The van der Waals surface area contributed by atoms with E-state index < -0.39 is 0 Å². The lowest BCUT2D eigenvalue weighted by atomic mass is 10.1. The van der Waals surface area contributed by atoms with E-state index in [9.17, 15) is 0 Å². The van der Waals surface area contributed by atoms with E-state index in [2.05, 4.69) is 6.07 Å². The van der Waals surface area contributed by atoms with Crippen LogP contribution in [0.4, 0.5) is 0 Å². The van der Waals surface area contributed by atoms with E-state index >= 15 is 0 Å². The van der Waals surface area contributed by atoms with Crippen molar-refractivity contribution in [3.63, 3.8) is 0 Å². The van der Waals surface area contributed by atoms with Crippen molar-refractivity contribution in [1.82, 2.24) is 0 Å². The van der Waals surface area contributed by atoms with E-state index in [1.165, 1.54) is 5.39 Å². The summed E-state index contributed by atoms with van der Waals surface area (Å²) in [6.07, 6.45) is 0. The molecule has 74 valence electrons. The fraction of sp³-hybridized carbons (Fsp3) is 0.273. The van der Waals surface area contributed by atoms with Gasteiger partial charge >= 0.3 is 0 Å². The van der Waals surface area contributed by atoms with Crippen molar-refractivity contribution < 1.29 is 9.84 Å². The maximum absolute atomic E-state index is 9.15. The predicted octanol–water partition coefficient (Wildman–Crippen LogP) is 2.71. The summed E-state index contributed by atoms with van der Waals surface area (Å²) in [7, 11) is 1.67. The zero-order valence-corrected chi connectivity index (χ0v) is 9.02. The molecule has 2 nitrogen and oxygen atoms in total. The number of hydrogen-bond donors (Lipinski definition) is 1. The first-order valence-electron chi connectivity index (χ1n) is 4.43. The van der Waals surface area contributed by atoms with Gasteiger partial charge in [-0.15, -0.1) is 11.3 Å². The second kappa shape index (κ2) is 3.59. The number of rotatable bonds is 2. The standard InChI is InChI=1S/C11H12O2S/c1-7-8-4-3-5-9(13-2)11(8)14-10(7)6-12/h3-5,12H,6H2,1-2H3. The van der Waals surface area contributed by atoms with Crippen LogP contribution in [0.25, 0.3) is 10.1 Å². The highest BCUT2D eigenvalue weighted by atomic mass is 32.1. The topological polar surface area (TPSA) is 29.5 Å². The van der Waals surface area contributed by atoms with Crippen LogP contribution < -0.4 is 4.74 Å². The lowest BCUT2D eigenvalue weighted by molar-refractivity contribution is 0.285. The lowest BCUT2D eigenvalue weighted by Gasteiger charge is -1.99. The summed E-state index contributed by atoms with van der Waals surface area (Å²) in [6, 6.07) is 5.98. The first-order valence-corrected chi connectivity index (χ1v) is 5.25. The van der Waals surface area contributed by atoms with Gasteiger partial charge < -0.3 is 9.84 Å². The van der Waals surface area contributed by atoms with Crippen LogP contribution in [0.2, 0.25) is 0 Å². The smallest absolute Gasteiger partial charge is 0.136 e. The van der Waals surface area contributed by atoms with Crippen LogP contribution in [0, 0.1) is 6.92 Å². The molecule has 1 heterocycles. The maximum Gasteiger partial charge on any atom is 0.136 e. The number of thiophene rings is 1. The minimum Gasteiger partial charge on any atom is -0.495 e. The molecule has 1 N–H and O–H groups in total. The Morgan fingerprint density at radius 1 is 1.43 bits per heavy atom. The highest BCUT2D eigenvalue weighted by Crippen LogP contribution is 2.36. The average molecular weight is 208 g/mol. The van der Waals surface area contributed by atoms with Crippen LogP contribution in [0.3, 0.4) is 0 Å². The molecule has 0 bridgehead atoms. The number of benzene rings is 1. The number of ether oxygens (including phenoxy) is 1. The van der Waals surface area contributed by atoms with E-state index in [0.29, 0.717) is 0 Å². The molecule has 0 fully saturated rings. The van der Waals surface area contributed by atoms with Gasteiger partial charge in [-0.25, -0.2) is 0 Å². The Balaban J connectivity index is 2.77. The Kier molecular flexibility index (Phi) is 2.44. The van der Waals surface area contributed by atoms with Crippen LogP contribution >= 0.6 is 11.3 Å². The normalized spacial score (nSPS) is 10.8. The summed E-state index contributed by atoms with van der Waals surface area (Å²) in [6.45, 7) is 2.14. The average Bonchev–Trinajstić information content (AvgIpc) is 2.55. The van der Waals surface area contributed by atoms with Crippen LogP contribution in [-0.4, -0.2) is 12.2 Å². The van der Waals surface area contributed by atoms with Gasteiger partial charge in [0.1, 0.15) is 5.75 Å². The summed E-state index contributed by atoms with van der Waals surface area (Å²) in [5, 5.41) is 10.3. The third-order valence-electron chi connectivity index (χ3n) is 2.39. The minimum absolute atomic E-state index is 0.105. The molecule has 0 aliphatic rings. The molecule has 2 rings (SSSR count). The van der Waals surface area contributed by atoms with E-state index in [0.717, 1.165) is 20.9 Å². The van der Waals surface area contributed by atoms with Crippen molar-refractivity contribution >= 4 is 21.4 Å². The molecule has 0 unspecified atom stereocenters. The number of aliphatic hydroxyl groups excluding tert-OH is 1. The fourth-order valence-electron chi connectivity index (χ4n) is 1.58. The number of fused-ring (bicyclic) bond motifs is 1. The Labute approximate surface area is 86.8 Å². The minimum atomic E-state index is 0.105. The van der Waals surface area contributed by atoms with Crippen molar-refractivity contribution in [2.45, 2.75) is 13.5 Å². The van der Waals surface area contributed by atoms with Crippen molar-refractivity contribution in [3.05, 3.63) is 28.6 Å². The summed E-state index contributed by atoms with van der Waals surface area (Å²) < 4.78 is 6.39. The van der Waals surface area contributed by atoms with Gasteiger partial charge in [0, 0.05) is 4.88 Å². The molecule has 0 saturated carbocycles. The molecule has 0 radical (unpaired) electrons. The third-order valence-corrected chi connectivity index (χ3v) is 3.70. The predicted molar refractivity (Wildman–Crippen MR) is 59.0 cm³/mol. The van der Waals surface area contributed by atoms with Crippen LogP contribution in [0.5, 0.6) is 5.75 Å². The first kappa shape index (κ1) is 9.49. The second-order valence-electron chi connectivity index (χ2n) is 3.15. The lowest BCUT2D eigenvalue weighted by Crippen LogP contribution is -1.81. The van der Waals surface area contributed by atoms with Gasteiger partial charge in [-0.2, -0.15) is 0 Å². The molecule has 14 heavy (non-hydrogen) atoms. The van der Waals surface area contributed by atoms with Gasteiger partial charge in [-0.1, -0.05) is 12.1 Å². The number of aryl methyl sites for hydroxylation is 1. The molecule has 0 saturated heterocycles. The quantitative estimate of drug-likeness (QED) is 0.822. The molecule has 0 atom stereocenters. The molecule has 0 amide bonds. The molecule has 3 heteroatoms. The molecule has 0 aliphatic heterocycles. The molecular weight excluding hydrogens is 196 g/mol. The third kappa shape index (κ3) is 1.29. The highest BCUT2D eigenvalue weighted by Gasteiger charge is 2.10. The largest absolute Gasteiger partial charge is 0.495 e. The maximum atomic E-state index is 9.15. The highest BCUT2D eigenvalue weighted by molar-refractivity contribution is 7.19. The van der Waals surface area contributed by atoms with E-state index in [1.54, 1.807) is 18.4 Å². The molecule has 0 aliphatic carbocycles.